The van der Waals surface area contributed by atoms with E-state index < -0.39 is 0 Å². The minimum atomic E-state index is 0.581. The first-order chi connectivity index (χ1) is 40.9. The third-order valence-corrected chi connectivity index (χ3v) is 16.6. The zero-order valence-corrected chi connectivity index (χ0v) is 46.3. The van der Waals surface area contributed by atoms with Gasteiger partial charge in [-0.25, -0.2) is 15.0 Å². The van der Waals surface area contributed by atoms with Gasteiger partial charge in [0.1, 0.15) is 0 Å². The number of hydrogen-bond acceptors (Lipinski definition) is 3. The van der Waals surface area contributed by atoms with Crippen LogP contribution >= 0.6 is 0 Å². The normalized spacial score (nSPS) is 11.6. The molecule has 83 heavy (non-hydrogen) atoms. The molecule has 3 aromatic heterocycles. The molecule has 12 aromatic carbocycles. The van der Waals surface area contributed by atoms with Gasteiger partial charge in [0, 0.05) is 55.0 Å². The summed E-state index contributed by atoms with van der Waals surface area (Å²) in [6, 6.07) is 101. The number of hydrogen-bond donors (Lipinski definition) is 0. The molecule has 0 atom stereocenters. The quantitative estimate of drug-likeness (QED) is 0.137. The number of benzene rings is 12. The molecule has 0 unspecified atom stereocenters. The zero-order chi connectivity index (χ0) is 55.5. The van der Waals surface area contributed by atoms with Gasteiger partial charge >= 0.3 is 0 Å². The van der Waals surface area contributed by atoms with Crippen LogP contribution in [0.1, 0.15) is 16.7 Å². The summed E-state index contributed by atoms with van der Waals surface area (Å²) in [6.45, 7) is 6.65. The molecule has 3 heterocycles. The third-order valence-electron chi connectivity index (χ3n) is 16.6. The summed E-state index contributed by atoms with van der Waals surface area (Å²) in [6.07, 6.45) is 0. The van der Waals surface area contributed by atoms with Gasteiger partial charge in [-0.1, -0.05) is 231 Å². The molecule has 0 radical (unpaired) electrons. The monoisotopic (exact) mass is 1060 g/mol. The molecule has 392 valence electrons. The number of rotatable bonds is 10. The Hall–Kier alpha value is -10.8. The Morgan fingerprint density at radius 3 is 1.14 bits per heavy atom. The Labute approximate surface area is 482 Å². The fourth-order valence-electron chi connectivity index (χ4n) is 12.4. The number of nitrogens with zero attached hydrogens (tertiary/aromatic N) is 5. The van der Waals surface area contributed by atoms with Crippen LogP contribution in [0.4, 0.5) is 0 Å². The molecule has 0 N–H and O–H groups in total. The van der Waals surface area contributed by atoms with Crippen molar-refractivity contribution in [2.75, 3.05) is 0 Å². The highest BCUT2D eigenvalue weighted by atomic mass is 15.0. The van der Waals surface area contributed by atoms with Gasteiger partial charge in [-0.3, -0.25) is 0 Å². The molecular weight excluding hydrogens is 1010 g/mol. The van der Waals surface area contributed by atoms with Gasteiger partial charge in [0.2, 0.25) is 0 Å². The molecule has 0 aliphatic rings. The Bertz CT molecular complexity index is 4730. The summed E-state index contributed by atoms with van der Waals surface area (Å²) in [5.74, 6) is 1.80. The summed E-state index contributed by atoms with van der Waals surface area (Å²) >= 11 is 0. The van der Waals surface area contributed by atoms with Crippen LogP contribution < -0.4 is 0 Å². The lowest BCUT2D eigenvalue weighted by atomic mass is 9.91. The van der Waals surface area contributed by atoms with E-state index in [0.717, 1.165) is 100 Å². The first-order valence-corrected chi connectivity index (χ1v) is 28.4. The van der Waals surface area contributed by atoms with Crippen molar-refractivity contribution in [1.29, 1.82) is 0 Å². The van der Waals surface area contributed by atoms with E-state index in [2.05, 4.69) is 273 Å². The molecule has 5 heteroatoms. The van der Waals surface area contributed by atoms with Crippen LogP contribution in [0.25, 0.3) is 145 Å². The second-order valence-electron chi connectivity index (χ2n) is 21.7. The van der Waals surface area contributed by atoms with Crippen LogP contribution in [0.5, 0.6) is 0 Å². The van der Waals surface area contributed by atoms with Crippen molar-refractivity contribution >= 4 is 43.6 Å². The van der Waals surface area contributed by atoms with Crippen LogP contribution in [0.15, 0.2) is 279 Å². The number of aryl methyl sites for hydroxylation is 3. The third kappa shape index (κ3) is 8.78. The second kappa shape index (κ2) is 20.4. The summed E-state index contributed by atoms with van der Waals surface area (Å²) in [7, 11) is 0. The van der Waals surface area contributed by atoms with Crippen LogP contribution in [-0.4, -0.2) is 24.1 Å². The van der Waals surface area contributed by atoms with Gasteiger partial charge in [-0.05, 0) is 131 Å². The van der Waals surface area contributed by atoms with E-state index in [1.54, 1.807) is 0 Å². The van der Waals surface area contributed by atoms with Crippen molar-refractivity contribution < 1.29 is 0 Å². The Kier molecular flexibility index (Phi) is 12.1. The fraction of sp³-hybridized carbons (Fsp3) is 0.0385. The molecule has 5 nitrogen and oxygen atoms in total. The minimum Gasteiger partial charge on any atom is -0.309 e. The first-order valence-electron chi connectivity index (χ1n) is 28.4. The van der Waals surface area contributed by atoms with Gasteiger partial charge in [-0.15, -0.1) is 0 Å². The second-order valence-corrected chi connectivity index (χ2v) is 21.7. The highest BCUT2D eigenvalue weighted by Crippen LogP contribution is 2.46. The van der Waals surface area contributed by atoms with Crippen molar-refractivity contribution in [2.24, 2.45) is 0 Å². The van der Waals surface area contributed by atoms with Gasteiger partial charge in [0.05, 0.1) is 27.8 Å². The van der Waals surface area contributed by atoms with E-state index in [1.807, 2.05) is 36.4 Å². The summed E-state index contributed by atoms with van der Waals surface area (Å²) in [4.78, 5) is 15.9. The maximum Gasteiger partial charge on any atom is 0.164 e. The average Bonchev–Trinajstić information content (AvgIpc) is 4.12. The van der Waals surface area contributed by atoms with Crippen molar-refractivity contribution in [3.05, 3.63) is 296 Å². The smallest absolute Gasteiger partial charge is 0.164 e. The number of aromatic nitrogens is 5. The molecule has 15 aromatic rings. The number of fused-ring (bicyclic) bond motifs is 6. The lowest BCUT2D eigenvalue weighted by molar-refractivity contribution is 1.07. The number of para-hydroxylation sites is 2. The summed E-state index contributed by atoms with van der Waals surface area (Å²) in [5.41, 5.74) is 24.4. The lowest BCUT2D eigenvalue weighted by Gasteiger charge is -2.22. The first kappa shape index (κ1) is 49.3. The molecular formula is C78H55N5. The van der Waals surface area contributed by atoms with E-state index in [0.29, 0.717) is 17.5 Å². The van der Waals surface area contributed by atoms with Crippen LogP contribution in [0, 0.1) is 20.8 Å². The minimum absolute atomic E-state index is 0.581. The van der Waals surface area contributed by atoms with Gasteiger partial charge in [0.15, 0.2) is 17.5 Å². The van der Waals surface area contributed by atoms with E-state index in [-0.39, 0.29) is 0 Å². The molecule has 0 bridgehead atoms. The topological polar surface area (TPSA) is 48.5 Å². The van der Waals surface area contributed by atoms with Crippen molar-refractivity contribution in [2.45, 2.75) is 20.8 Å². The predicted molar refractivity (Wildman–Crippen MR) is 346 cm³/mol. The fourth-order valence-corrected chi connectivity index (χ4v) is 12.4. The van der Waals surface area contributed by atoms with Gasteiger partial charge in [0.25, 0.3) is 0 Å². The van der Waals surface area contributed by atoms with E-state index in [1.165, 1.54) is 44.0 Å². The molecule has 15 rings (SSSR count). The van der Waals surface area contributed by atoms with E-state index >= 15 is 0 Å². The standard InChI is InChI=1S/C78H55N5/c1-50-44-52(3)67(45-51(50)2)61-40-43-73-70(46-61)66-42-41-63(82-71-30-18-16-28-64(71)65-29-17-19-31-72(65)82)49-74(66)83(73)75-68(57-36-32-55(33-37-57)53-20-8-4-9-21-53)47-62(48-69(75)58-38-34-56(35-39-58)54-22-10-5-11-23-54)78-80-76(59-24-12-6-13-25-59)79-77(81-78)60-26-14-7-15-27-60/h4-49H,1-3H3. The van der Waals surface area contributed by atoms with Crippen LogP contribution in [0.3, 0.4) is 0 Å². The average molecular weight is 1060 g/mol. The molecule has 0 spiro atoms. The highest BCUT2D eigenvalue weighted by molar-refractivity contribution is 6.14. The van der Waals surface area contributed by atoms with E-state index in [9.17, 15) is 0 Å². The highest BCUT2D eigenvalue weighted by Gasteiger charge is 2.25. The van der Waals surface area contributed by atoms with Crippen molar-refractivity contribution in [3.63, 3.8) is 0 Å². The molecule has 0 fully saturated rings. The molecule has 0 aliphatic carbocycles. The molecule has 0 aliphatic heterocycles. The zero-order valence-electron chi connectivity index (χ0n) is 46.3. The van der Waals surface area contributed by atoms with Crippen molar-refractivity contribution in [1.82, 2.24) is 24.1 Å². The Morgan fingerprint density at radius 2 is 0.627 bits per heavy atom. The summed E-state index contributed by atoms with van der Waals surface area (Å²) in [5, 5.41) is 4.77. The van der Waals surface area contributed by atoms with Gasteiger partial charge in [-0.2, -0.15) is 0 Å². The van der Waals surface area contributed by atoms with Crippen LogP contribution in [0.2, 0.25) is 0 Å². The van der Waals surface area contributed by atoms with Gasteiger partial charge < -0.3 is 9.13 Å². The van der Waals surface area contributed by atoms with E-state index in [4.69, 9.17) is 15.0 Å². The maximum atomic E-state index is 5.38. The largest absolute Gasteiger partial charge is 0.309 e. The predicted octanol–water partition coefficient (Wildman–Crippen LogP) is 20.3. The Balaban J connectivity index is 1.07. The maximum absolute atomic E-state index is 5.38. The Morgan fingerprint density at radius 1 is 0.229 bits per heavy atom. The SMILES string of the molecule is Cc1cc(C)c(-c2ccc3c(c2)c2ccc(-n4c5ccccc5c5ccccc54)cc2n3-c2c(-c3ccc(-c4ccccc4)cc3)cc(-c3nc(-c4ccccc4)nc(-c4ccccc4)n3)cc2-c2ccc(-c3ccccc3)cc2)cc1C. The molecule has 0 amide bonds. The molecule has 0 saturated carbocycles. The summed E-state index contributed by atoms with van der Waals surface area (Å²) < 4.78 is 4.98. The lowest BCUT2D eigenvalue weighted by Crippen LogP contribution is -2.04. The molecule has 0 saturated heterocycles. The van der Waals surface area contributed by atoms with Crippen molar-refractivity contribution in [3.8, 4) is 101 Å². The van der Waals surface area contributed by atoms with Crippen LogP contribution in [-0.2, 0) is 0 Å².